The molecule has 17 heavy (non-hydrogen) atoms. The van der Waals surface area contributed by atoms with Gasteiger partial charge in [0.15, 0.2) is 0 Å². The van der Waals surface area contributed by atoms with E-state index in [2.05, 4.69) is 18.4 Å². The Morgan fingerprint density at radius 3 is 2.47 bits per heavy atom. The molecule has 0 bridgehead atoms. The largest absolute Gasteiger partial charge is 0.387 e. The van der Waals surface area contributed by atoms with E-state index in [1.807, 2.05) is 0 Å². The SMILES string of the molecule is Cc1ccsc1C(O)C1(CN)CCCCCC1. The van der Waals surface area contributed by atoms with Gasteiger partial charge in [-0.2, -0.15) is 0 Å². The predicted molar refractivity (Wildman–Crippen MR) is 73.2 cm³/mol. The highest BCUT2D eigenvalue weighted by molar-refractivity contribution is 7.10. The fourth-order valence-electron chi connectivity index (χ4n) is 2.96. The summed E-state index contributed by atoms with van der Waals surface area (Å²) in [4.78, 5) is 1.12. The van der Waals surface area contributed by atoms with Crippen LogP contribution in [0.3, 0.4) is 0 Å². The van der Waals surface area contributed by atoms with Crippen LogP contribution in [0.1, 0.15) is 55.1 Å². The first-order valence-corrected chi connectivity index (χ1v) is 7.50. The van der Waals surface area contributed by atoms with Gasteiger partial charge in [-0.3, -0.25) is 0 Å². The van der Waals surface area contributed by atoms with Gasteiger partial charge in [0.05, 0.1) is 6.10 Å². The standard InChI is InChI=1S/C14H23NOS/c1-11-6-9-17-12(11)13(16)14(10-15)7-4-2-3-5-8-14/h6,9,13,16H,2-5,7-8,10,15H2,1H3. The molecule has 2 rings (SSSR count). The Morgan fingerprint density at radius 1 is 1.35 bits per heavy atom. The molecule has 1 aromatic rings. The van der Waals surface area contributed by atoms with Crippen LogP contribution in [-0.2, 0) is 0 Å². The van der Waals surface area contributed by atoms with Crippen LogP contribution in [0.15, 0.2) is 11.4 Å². The number of rotatable bonds is 3. The maximum atomic E-state index is 10.7. The van der Waals surface area contributed by atoms with Crippen LogP contribution in [0.25, 0.3) is 0 Å². The van der Waals surface area contributed by atoms with Gasteiger partial charge < -0.3 is 10.8 Å². The van der Waals surface area contributed by atoms with E-state index < -0.39 is 0 Å². The number of thiophene rings is 1. The number of aliphatic hydroxyl groups is 1. The van der Waals surface area contributed by atoms with Gasteiger partial charge in [0.1, 0.15) is 0 Å². The summed E-state index contributed by atoms with van der Waals surface area (Å²) in [5.74, 6) is 0. The monoisotopic (exact) mass is 253 g/mol. The average Bonchev–Trinajstić information content (AvgIpc) is 2.64. The molecule has 0 spiro atoms. The van der Waals surface area contributed by atoms with Crippen molar-refractivity contribution in [2.45, 2.75) is 51.6 Å². The molecule has 0 radical (unpaired) electrons. The van der Waals surface area contributed by atoms with Crippen LogP contribution < -0.4 is 5.73 Å². The predicted octanol–water partition coefficient (Wildman–Crippen LogP) is 3.39. The molecule has 1 heterocycles. The smallest absolute Gasteiger partial charge is 0.0952 e. The van der Waals surface area contributed by atoms with E-state index >= 15 is 0 Å². The maximum absolute atomic E-state index is 10.7. The molecule has 3 N–H and O–H groups in total. The highest BCUT2D eigenvalue weighted by atomic mass is 32.1. The summed E-state index contributed by atoms with van der Waals surface area (Å²) in [6.45, 7) is 2.68. The summed E-state index contributed by atoms with van der Waals surface area (Å²) in [5, 5.41) is 12.8. The summed E-state index contributed by atoms with van der Waals surface area (Å²) in [5.41, 5.74) is 7.14. The summed E-state index contributed by atoms with van der Waals surface area (Å²) in [6.07, 6.45) is 6.77. The second-order valence-corrected chi connectivity index (χ2v) is 6.30. The molecule has 1 unspecified atom stereocenters. The van der Waals surface area contributed by atoms with Crippen LogP contribution in [-0.4, -0.2) is 11.7 Å². The third kappa shape index (κ3) is 2.56. The zero-order chi connectivity index (χ0) is 12.3. The van der Waals surface area contributed by atoms with Crippen molar-refractivity contribution in [3.05, 3.63) is 21.9 Å². The zero-order valence-electron chi connectivity index (χ0n) is 10.6. The zero-order valence-corrected chi connectivity index (χ0v) is 11.4. The molecular weight excluding hydrogens is 230 g/mol. The fraction of sp³-hybridized carbons (Fsp3) is 0.714. The molecule has 0 aromatic carbocycles. The van der Waals surface area contributed by atoms with Gasteiger partial charge in [0, 0.05) is 16.8 Å². The minimum absolute atomic E-state index is 0.0773. The third-order valence-electron chi connectivity index (χ3n) is 4.24. The van der Waals surface area contributed by atoms with Crippen molar-refractivity contribution >= 4 is 11.3 Å². The lowest BCUT2D eigenvalue weighted by atomic mass is 9.74. The van der Waals surface area contributed by atoms with Crippen molar-refractivity contribution < 1.29 is 5.11 Å². The molecule has 2 nitrogen and oxygen atoms in total. The van der Waals surface area contributed by atoms with Gasteiger partial charge in [-0.05, 0) is 36.8 Å². The minimum atomic E-state index is -0.370. The summed E-state index contributed by atoms with van der Waals surface area (Å²) in [6, 6.07) is 2.09. The van der Waals surface area contributed by atoms with Gasteiger partial charge in [-0.1, -0.05) is 25.7 Å². The van der Waals surface area contributed by atoms with Crippen LogP contribution in [0, 0.1) is 12.3 Å². The molecule has 1 saturated carbocycles. The van der Waals surface area contributed by atoms with E-state index in [-0.39, 0.29) is 11.5 Å². The molecular formula is C14H23NOS. The molecule has 96 valence electrons. The number of nitrogens with two attached hydrogens (primary N) is 1. The summed E-state index contributed by atoms with van der Waals surface area (Å²) in [7, 11) is 0. The van der Waals surface area contributed by atoms with Crippen LogP contribution >= 0.6 is 11.3 Å². The molecule has 0 amide bonds. The van der Waals surface area contributed by atoms with Gasteiger partial charge in [0.2, 0.25) is 0 Å². The Hall–Kier alpha value is -0.380. The van der Waals surface area contributed by atoms with Crippen molar-refractivity contribution in [3.8, 4) is 0 Å². The quantitative estimate of drug-likeness (QED) is 0.811. The number of hydrogen-bond acceptors (Lipinski definition) is 3. The normalized spacial score (nSPS) is 22.1. The van der Waals surface area contributed by atoms with E-state index in [4.69, 9.17) is 5.73 Å². The Morgan fingerprint density at radius 2 is 2.00 bits per heavy atom. The van der Waals surface area contributed by atoms with Crippen molar-refractivity contribution in [2.75, 3.05) is 6.54 Å². The second kappa shape index (κ2) is 5.51. The Bertz CT molecular complexity index is 353. The van der Waals surface area contributed by atoms with Crippen molar-refractivity contribution in [2.24, 2.45) is 11.1 Å². The van der Waals surface area contributed by atoms with E-state index in [1.165, 1.54) is 31.2 Å². The van der Waals surface area contributed by atoms with Gasteiger partial charge >= 0.3 is 0 Å². The lowest BCUT2D eigenvalue weighted by Crippen LogP contribution is -2.36. The lowest BCUT2D eigenvalue weighted by Gasteiger charge is -2.36. The maximum Gasteiger partial charge on any atom is 0.0952 e. The highest BCUT2D eigenvalue weighted by Gasteiger charge is 2.38. The minimum Gasteiger partial charge on any atom is -0.387 e. The first kappa shape index (κ1) is 13.1. The summed E-state index contributed by atoms with van der Waals surface area (Å²) >= 11 is 1.67. The molecule has 3 heteroatoms. The van der Waals surface area contributed by atoms with Crippen molar-refractivity contribution in [1.29, 1.82) is 0 Å². The van der Waals surface area contributed by atoms with E-state index in [9.17, 15) is 5.11 Å². The van der Waals surface area contributed by atoms with Crippen molar-refractivity contribution in [3.63, 3.8) is 0 Å². The van der Waals surface area contributed by atoms with Gasteiger partial charge in [0.25, 0.3) is 0 Å². The van der Waals surface area contributed by atoms with Gasteiger partial charge in [-0.15, -0.1) is 11.3 Å². The molecule has 1 aliphatic rings. The number of aliphatic hydroxyl groups excluding tert-OH is 1. The number of hydrogen-bond donors (Lipinski definition) is 2. The molecule has 1 aliphatic carbocycles. The summed E-state index contributed by atoms with van der Waals surface area (Å²) < 4.78 is 0. The van der Waals surface area contributed by atoms with E-state index in [0.717, 1.165) is 17.7 Å². The third-order valence-corrected chi connectivity index (χ3v) is 5.31. The molecule has 1 aromatic heterocycles. The average molecular weight is 253 g/mol. The van der Waals surface area contributed by atoms with Crippen LogP contribution in [0.4, 0.5) is 0 Å². The first-order valence-electron chi connectivity index (χ1n) is 6.62. The fourth-order valence-corrected chi connectivity index (χ4v) is 4.02. The van der Waals surface area contributed by atoms with Crippen LogP contribution in [0.2, 0.25) is 0 Å². The first-order chi connectivity index (χ1) is 8.19. The highest BCUT2D eigenvalue weighted by Crippen LogP contribution is 2.46. The topological polar surface area (TPSA) is 46.2 Å². The van der Waals surface area contributed by atoms with Gasteiger partial charge in [-0.25, -0.2) is 0 Å². The van der Waals surface area contributed by atoms with Crippen LogP contribution in [0.5, 0.6) is 0 Å². The van der Waals surface area contributed by atoms with Crippen molar-refractivity contribution in [1.82, 2.24) is 0 Å². The number of aryl methyl sites for hydroxylation is 1. The molecule has 1 atom stereocenters. The lowest BCUT2D eigenvalue weighted by molar-refractivity contribution is 0.0189. The Labute approximate surface area is 108 Å². The Kier molecular flexibility index (Phi) is 4.23. The van der Waals surface area contributed by atoms with E-state index in [0.29, 0.717) is 6.54 Å². The second-order valence-electron chi connectivity index (χ2n) is 5.35. The molecule has 0 saturated heterocycles. The van der Waals surface area contributed by atoms with E-state index in [1.54, 1.807) is 11.3 Å². The Balaban J connectivity index is 2.24. The molecule has 0 aliphatic heterocycles. The molecule has 1 fully saturated rings.